The van der Waals surface area contributed by atoms with E-state index in [9.17, 15) is 0 Å². The molecule has 2 heteroatoms. The van der Waals surface area contributed by atoms with Crippen molar-refractivity contribution in [1.29, 1.82) is 0 Å². The van der Waals surface area contributed by atoms with Crippen LogP contribution in [0.4, 0.5) is 0 Å². The molecule has 0 spiro atoms. The topological polar surface area (TPSA) is 3.24 Å². The molecular weight excluding hydrogens is 333 g/mol. The van der Waals surface area contributed by atoms with Gasteiger partial charge in [-0.1, -0.05) is 88.2 Å². The van der Waals surface area contributed by atoms with Crippen LogP contribution in [-0.4, -0.2) is 35.6 Å². The lowest BCUT2D eigenvalue weighted by Gasteiger charge is -2.54. The zero-order valence-electron chi connectivity index (χ0n) is 16.5. The van der Waals surface area contributed by atoms with Gasteiger partial charge in [-0.15, -0.1) is 0 Å². The molecule has 0 radical (unpaired) electrons. The SMILES string of the molecule is CN(C)C1(P(C2CCCC2)C2CCCC2)C=CC=CC1c1ccccc1. The minimum absolute atomic E-state index is 0.0799. The van der Waals surface area contributed by atoms with Crippen molar-refractivity contribution < 1.29 is 0 Å². The van der Waals surface area contributed by atoms with E-state index in [1.807, 2.05) is 0 Å². The van der Waals surface area contributed by atoms with Crippen LogP contribution in [0.25, 0.3) is 0 Å². The van der Waals surface area contributed by atoms with Crippen LogP contribution in [0.1, 0.15) is 62.8 Å². The Labute approximate surface area is 161 Å². The molecule has 1 aromatic carbocycles. The summed E-state index contributed by atoms with van der Waals surface area (Å²) in [6, 6.07) is 11.3. The minimum atomic E-state index is -0.0799. The van der Waals surface area contributed by atoms with Gasteiger partial charge in [0.25, 0.3) is 0 Å². The summed E-state index contributed by atoms with van der Waals surface area (Å²) in [5, 5.41) is 0.176. The first kappa shape index (κ1) is 18.5. The normalized spacial score (nSPS) is 30.1. The van der Waals surface area contributed by atoms with E-state index in [4.69, 9.17) is 0 Å². The maximum absolute atomic E-state index is 2.60. The maximum atomic E-state index is 2.60. The van der Waals surface area contributed by atoms with Gasteiger partial charge in [-0.2, -0.15) is 0 Å². The molecule has 2 unspecified atom stereocenters. The molecule has 0 saturated heterocycles. The highest BCUT2D eigenvalue weighted by Crippen LogP contribution is 2.69. The molecule has 4 rings (SSSR count). The Kier molecular flexibility index (Phi) is 5.67. The third-order valence-electron chi connectivity index (χ3n) is 6.94. The van der Waals surface area contributed by atoms with E-state index < -0.39 is 0 Å². The summed E-state index contributed by atoms with van der Waals surface area (Å²) < 4.78 is 0. The lowest BCUT2D eigenvalue weighted by Crippen LogP contribution is -2.49. The van der Waals surface area contributed by atoms with Gasteiger partial charge in [0.05, 0.1) is 5.28 Å². The van der Waals surface area contributed by atoms with Gasteiger partial charge in [0, 0.05) is 5.92 Å². The van der Waals surface area contributed by atoms with Crippen molar-refractivity contribution >= 4 is 7.92 Å². The average Bonchev–Trinajstić information content (AvgIpc) is 3.37. The Morgan fingerprint density at radius 3 is 1.96 bits per heavy atom. The quantitative estimate of drug-likeness (QED) is 0.535. The Morgan fingerprint density at radius 2 is 1.42 bits per heavy atom. The number of hydrogen-bond donors (Lipinski definition) is 0. The molecule has 1 aromatic rings. The molecule has 0 amide bonds. The summed E-state index contributed by atoms with van der Waals surface area (Å²) in [7, 11) is 4.61. The highest BCUT2D eigenvalue weighted by atomic mass is 31.1. The molecule has 0 aromatic heterocycles. The molecule has 0 N–H and O–H groups in total. The minimum Gasteiger partial charge on any atom is -0.296 e. The van der Waals surface area contributed by atoms with Crippen molar-refractivity contribution in [2.75, 3.05) is 14.1 Å². The van der Waals surface area contributed by atoms with E-state index in [1.54, 1.807) is 0 Å². The summed E-state index contributed by atoms with van der Waals surface area (Å²) in [4.78, 5) is 2.60. The average molecular weight is 368 g/mol. The van der Waals surface area contributed by atoms with E-state index in [2.05, 4.69) is 73.6 Å². The second kappa shape index (κ2) is 7.99. The summed E-state index contributed by atoms with van der Waals surface area (Å²) >= 11 is 0. The van der Waals surface area contributed by atoms with Crippen LogP contribution in [0.3, 0.4) is 0 Å². The zero-order chi connectivity index (χ0) is 18.0. The van der Waals surface area contributed by atoms with Crippen LogP contribution in [0.15, 0.2) is 54.6 Å². The van der Waals surface area contributed by atoms with Crippen LogP contribution in [0.2, 0.25) is 0 Å². The van der Waals surface area contributed by atoms with E-state index >= 15 is 0 Å². The standard InChI is InChI=1S/C24H34NP/c1-25(2)24(19-11-10-18-23(24)20-12-4-3-5-13-20)26(21-14-6-7-15-21)22-16-8-9-17-22/h3-5,10-13,18-19,21-23H,6-9,14-17H2,1-2H3. The van der Waals surface area contributed by atoms with E-state index in [-0.39, 0.29) is 13.2 Å². The molecular formula is C24H34NP. The third-order valence-corrected chi connectivity index (χ3v) is 11.2. The van der Waals surface area contributed by atoms with Gasteiger partial charge < -0.3 is 0 Å². The maximum Gasteiger partial charge on any atom is 0.0695 e. The van der Waals surface area contributed by atoms with Crippen molar-refractivity contribution in [1.82, 2.24) is 4.90 Å². The van der Waals surface area contributed by atoms with Crippen LogP contribution < -0.4 is 0 Å². The number of likely N-dealkylation sites (N-methyl/N-ethyl adjacent to an activating group) is 1. The smallest absolute Gasteiger partial charge is 0.0695 e. The lowest BCUT2D eigenvalue weighted by atomic mass is 9.86. The van der Waals surface area contributed by atoms with Crippen LogP contribution in [0.5, 0.6) is 0 Å². The van der Waals surface area contributed by atoms with Crippen molar-refractivity contribution in [3.8, 4) is 0 Å². The number of nitrogens with zero attached hydrogens (tertiary/aromatic N) is 1. The zero-order valence-corrected chi connectivity index (χ0v) is 17.4. The predicted octanol–water partition coefficient (Wildman–Crippen LogP) is 6.52. The summed E-state index contributed by atoms with van der Waals surface area (Å²) in [6.07, 6.45) is 21.4. The fraction of sp³-hybridized carbons (Fsp3) is 0.583. The molecule has 0 heterocycles. The van der Waals surface area contributed by atoms with Crippen molar-refractivity contribution in [3.05, 3.63) is 60.2 Å². The van der Waals surface area contributed by atoms with Gasteiger partial charge in [0.15, 0.2) is 0 Å². The van der Waals surface area contributed by atoms with Crippen LogP contribution in [0, 0.1) is 0 Å². The predicted molar refractivity (Wildman–Crippen MR) is 115 cm³/mol. The Morgan fingerprint density at radius 1 is 0.846 bits per heavy atom. The van der Waals surface area contributed by atoms with E-state index in [1.165, 1.54) is 56.9 Å². The van der Waals surface area contributed by atoms with Crippen molar-refractivity contribution in [3.63, 3.8) is 0 Å². The first-order valence-corrected chi connectivity index (χ1v) is 12.1. The summed E-state index contributed by atoms with van der Waals surface area (Å²) in [5.41, 5.74) is 3.40. The van der Waals surface area contributed by atoms with Crippen molar-refractivity contribution in [2.45, 2.75) is 73.9 Å². The van der Waals surface area contributed by atoms with Gasteiger partial charge in [-0.25, -0.2) is 0 Å². The number of benzene rings is 1. The second-order valence-corrected chi connectivity index (χ2v) is 11.6. The summed E-state index contributed by atoms with van der Waals surface area (Å²) in [6.45, 7) is 0. The first-order valence-electron chi connectivity index (χ1n) is 10.6. The van der Waals surface area contributed by atoms with Crippen LogP contribution in [-0.2, 0) is 0 Å². The highest BCUT2D eigenvalue weighted by molar-refractivity contribution is 7.61. The molecule has 1 nitrogen and oxygen atoms in total. The van der Waals surface area contributed by atoms with Gasteiger partial charge in [-0.3, -0.25) is 4.90 Å². The molecule has 0 aliphatic heterocycles. The van der Waals surface area contributed by atoms with Gasteiger partial charge in [0.2, 0.25) is 0 Å². The Bertz CT molecular complexity index is 621. The van der Waals surface area contributed by atoms with E-state index in [0.717, 1.165) is 11.3 Å². The number of allylic oxidation sites excluding steroid dienone is 2. The van der Waals surface area contributed by atoms with Crippen LogP contribution >= 0.6 is 7.92 Å². The largest absolute Gasteiger partial charge is 0.296 e. The molecule has 26 heavy (non-hydrogen) atoms. The highest BCUT2D eigenvalue weighted by Gasteiger charge is 2.51. The molecule has 3 aliphatic carbocycles. The molecule has 2 saturated carbocycles. The Hall–Kier alpha value is -0.910. The number of rotatable bonds is 5. The fourth-order valence-electron chi connectivity index (χ4n) is 5.79. The van der Waals surface area contributed by atoms with Crippen molar-refractivity contribution in [2.24, 2.45) is 0 Å². The molecule has 3 aliphatic rings. The third kappa shape index (κ3) is 3.23. The monoisotopic (exact) mass is 367 g/mol. The van der Waals surface area contributed by atoms with Gasteiger partial charge in [-0.05, 0) is 56.7 Å². The van der Waals surface area contributed by atoms with E-state index in [0.29, 0.717) is 5.92 Å². The molecule has 2 atom stereocenters. The number of hydrogen-bond acceptors (Lipinski definition) is 1. The molecule has 140 valence electrons. The first-order chi connectivity index (χ1) is 12.7. The van der Waals surface area contributed by atoms with Gasteiger partial charge in [0.1, 0.15) is 0 Å². The Balaban J connectivity index is 1.81. The molecule has 0 bridgehead atoms. The lowest BCUT2D eigenvalue weighted by molar-refractivity contribution is 0.274. The summed E-state index contributed by atoms with van der Waals surface area (Å²) in [5.74, 6) is 0.482. The van der Waals surface area contributed by atoms with Gasteiger partial charge >= 0.3 is 0 Å². The molecule has 2 fully saturated rings. The fourth-order valence-corrected chi connectivity index (χ4v) is 10.7. The second-order valence-electron chi connectivity index (χ2n) is 8.59.